The first kappa shape index (κ1) is 28.3. The van der Waals surface area contributed by atoms with Gasteiger partial charge in [0.2, 0.25) is 0 Å². The predicted octanol–water partition coefficient (Wildman–Crippen LogP) is 2.86. The van der Waals surface area contributed by atoms with Crippen LogP contribution in [0.3, 0.4) is 0 Å². The first-order chi connectivity index (χ1) is 15.5. The van der Waals surface area contributed by atoms with E-state index in [2.05, 4.69) is 9.98 Å². The molecular formula is C24H30MnN2O6+2. The van der Waals surface area contributed by atoms with Crippen molar-refractivity contribution in [2.75, 3.05) is 39.5 Å². The van der Waals surface area contributed by atoms with Crippen LogP contribution in [0.25, 0.3) is 0 Å². The van der Waals surface area contributed by atoms with Gasteiger partial charge in [0.25, 0.3) is 5.97 Å². The third-order valence-electron chi connectivity index (χ3n) is 4.52. The van der Waals surface area contributed by atoms with Crippen molar-refractivity contribution in [1.82, 2.24) is 0 Å². The van der Waals surface area contributed by atoms with E-state index >= 15 is 0 Å². The van der Waals surface area contributed by atoms with Crippen LogP contribution in [-0.4, -0.2) is 73.2 Å². The summed E-state index contributed by atoms with van der Waals surface area (Å²) in [6, 6.07) is 11.2. The minimum absolute atomic E-state index is 0. The molecule has 0 saturated carbocycles. The van der Waals surface area contributed by atoms with Crippen molar-refractivity contribution in [3.8, 4) is 11.5 Å². The van der Waals surface area contributed by atoms with Crippen LogP contribution in [-0.2, 0) is 44.2 Å². The van der Waals surface area contributed by atoms with E-state index in [0.29, 0.717) is 63.5 Å². The molecule has 33 heavy (non-hydrogen) atoms. The number of rotatable bonds is 0. The Labute approximate surface area is 204 Å². The molecule has 1 aliphatic heterocycles. The van der Waals surface area contributed by atoms with Gasteiger partial charge < -0.3 is 24.8 Å². The number of nitrogens with zero attached hydrogens (tertiary/aromatic N) is 2. The fourth-order valence-corrected chi connectivity index (χ4v) is 2.96. The Hall–Kier alpha value is -2.71. The first-order valence-corrected chi connectivity index (χ1v) is 10.5. The molecule has 3 N–H and O–H groups in total. The predicted molar refractivity (Wildman–Crippen MR) is 123 cm³/mol. The number of phenols is 2. The van der Waals surface area contributed by atoms with Gasteiger partial charge in [0.1, 0.15) is 11.5 Å². The number of hydrogen-bond acceptors (Lipinski definition) is 7. The summed E-state index contributed by atoms with van der Waals surface area (Å²) in [5.74, 6) is -0.350. The third-order valence-corrected chi connectivity index (χ3v) is 4.52. The Bertz CT molecular complexity index is 860. The van der Waals surface area contributed by atoms with E-state index in [1.807, 2.05) is 36.4 Å². The van der Waals surface area contributed by atoms with Crippen LogP contribution in [0.5, 0.6) is 11.5 Å². The van der Waals surface area contributed by atoms with E-state index in [9.17, 15) is 10.2 Å². The standard InChI is InChI=1S/C22H26N2O4.C2H4O2.Mn/c25-21-17-3-1-5-19(21)15-23-9-10-24-16-20-6-2-4-18(22(20)26)8-12-28-14-13-27-11-7-17;1-2(3)4;/h1-6,15-16,25-26H,7-14H2;1H3,(H,3,4);/q;;+2. The van der Waals surface area contributed by atoms with E-state index in [1.54, 1.807) is 12.4 Å². The molecule has 1 aliphatic rings. The fraction of sp³-hybridized carbons (Fsp3) is 0.375. The van der Waals surface area contributed by atoms with Crippen molar-refractivity contribution in [3.63, 3.8) is 0 Å². The molecule has 177 valence electrons. The van der Waals surface area contributed by atoms with Gasteiger partial charge in [-0.15, -0.1) is 0 Å². The van der Waals surface area contributed by atoms with Crippen LogP contribution in [0.1, 0.15) is 29.2 Å². The molecule has 0 fully saturated rings. The molecule has 4 bridgehead atoms. The number of aromatic hydroxyl groups is 2. The van der Waals surface area contributed by atoms with Crippen LogP contribution >= 0.6 is 0 Å². The Balaban J connectivity index is 0.00000101. The maximum Gasteiger partial charge on any atom is 2.00 e. The maximum atomic E-state index is 10.4. The van der Waals surface area contributed by atoms with Gasteiger partial charge in [0, 0.05) is 30.5 Å². The summed E-state index contributed by atoms with van der Waals surface area (Å²) in [7, 11) is 0. The number of para-hydroxylation sites is 2. The molecule has 8 nitrogen and oxygen atoms in total. The van der Waals surface area contributed by atoms with Crippen LogP contribution in [0.4, 0.5) is 0 Å². The zero-order valence-corrected chi connectivity index (χ0v) is 19.8. The van der Waals surface area contributed by atoms with Gasteiger partial charge in [-0.25, -0.2) is 0 Å². The number of fused-ring (bicyclic) bond motifs is 4. The number of aliphatic carboxylic acids is 1. The largest absolute Gasteiger partial charge is 2.00 e. The van der Waals surface area contributed by atoms with E-state index in [-0.39, 0.29) is 28.6 Å². The Kier molecular flexibility index (Phi) is 13.7. The molecule has 2 aromatic carbocycles. The van der Waals surface area contributed by atoms with Crippen molar-refractivity contribution in [3.05, 3.63) is 58.7 Å². The van der Waals surface area contributed by atoms with E-state index < -0.39 is 5.97 Å². The normalized spacial score (nSPS) is 14.8. The molecule has 1 heterocycles. The molecular weight excluding hydrogens is 467 g/mol. The topological polar surface area (TPSA) is 121 Å². The van der Waals surface area contributed by atoms with Crippen LogP contribution < -0.4 is 0 Å². The molecule has 0 atom stereocenters. The van der Waals surface area contributed by atoms with Crippen LogP contribution in [0.2, 0.25) is 0 Å². The number of carboxylic acid groups (broad SMARTS) is 1. The van der Waals surface area contributed by atoms with Crippen LogP contribution in [0.15, 0.2) is 46.4 Å². The molecule has 2 aromatic rings. The monoisotopic (exact) mass is 497 g/mol. The van der Waals surface area contributed by atoms with Crippen molar-refractivity contribution >= 4 is 18.4 Å². The average Bonchev–Trinajstić information content (AvgIpc) is 2.75. The number of aliphatic imine (C=N–C) groups is 2. The second-order valence-electron chi connectivity index (χ2n) is 7.02. The van der Waals surface area contributed by atoms with Gasteiger partial charge in [0.15, 0.2) is 0 Å². The second kappa shape index (κ2) is 16.0. The van der Waals surface area contributed by atoms with Gasteiger partial charge >= 0.3 is 17.1 Å². The summed E-state index contributed by atoms with van der Waals surface area (Å²) >= 11 is 0. The summed E-state index contributed by atoms with van der Waals surface area (Å²) in [6.45, 7) is 4.07. The molecule has 0 amide bonds. The fourth-order valence-electron chi connectivity index (χ4n) is 2.96. The Morgan fingerprint density at radius 1 is 0.788 bits per heavy atom. The van der Waals surface area contributed by atoms with E-state index in [1.165, 1.54) is 0 Å². The molecule has 0 saturated heterocycles. The molecule has 0 aromatic heterocycles. The SMILES string of the molecule is CC(=O)O.Oc1c2cccc1CCOCCOCCc1cccc(c1O)C=NCCN=C2.[Mn+2]. The van der Waals surface area contributed by atoms with E-state index in [0.717, 1.165) is 18.1 Å². The van der Waals surface area contributed by atoms with Crippen molar-refractivity contribution in [1.29, 1.82) is 0 Å². The van der Waals surface area contributed by atoms with Gasteiger partial charge in [-0.2, -0.15) is 0 Å². The Morgan fingerprint density at radius 3 is 1.58 bits per heavy atom. The molecule has 3 rings (SSSR count). The maximum absolute atomic E-state index is 10.4. The second-order valence-corrected chi connectivity index (χ2v) is 7.02. The summed E-state index contributed by atoms with van der Waals surface area (Å²) in [6.07, 6.45) is 4.58. The van der Waals surface area contributed by atoms with Gasteiger partial charge in [-0.05, 0) is 36.1 Å². The number of ether oxygens (including phenoxy) is 2. The quantitative estimate of drug-likeness (QED) is 0.482. The minimum Gasteiger partial charge on any atom is -0.507 e. The molecule has 0 aliphatic carbocycles. The molecule has 0 unspecified atom stereocenters. The molecule has 9 heteroatoms. The Morgan fingerprint density at radius 2 is 1.18 bits per heavy atom. The van der Waals surface area contributed by atoms with Gasteiger partial charge in [-0.1, -0.05) is 24.3 Å². The number of hydrogen-bond donors (Lipinski definition) is 3. The van der Waals surface area contributed by atoms with Crippen molar-refractivity contribution < 1.29 is 46.7 Å². The van der Waals surface area contributed by atoms with Crippen molar-refractivity contribution in [2.24, 2.45) is 9.98 Å². The average molecular weight is 497 g/mol. The van der Waals surface area contributed by atoms with Gasteiger partial charge in [0.05, 0.1) is 39.5 Å². The number of carbonyl (C=O) groups is 1. The van der Waals surface area contributed by atoms with Crippen LogP contribution in [0, 0.1) is 0 Å². The zero-order chi connectivity index (χ0) is 23.2. The minimum atomic E-state index is -0.833. The number of phenolic OH excluding ortho intramolecular Hbond substituents is 2. The summed E-state index contributed by atoms with van der Waals surface area (Å²) in [5.41, 5.74) is 3.05. The number of carboxylic acids is 1. The van der Waals surface area contributed by atoms with Crippen molar-refractivity contribution in [2.45, 2.75) is 19.8 Å². The van der Waals surface area contributed by atoms with Gasteiger partial charge in [-0.3, -0.25) is 14.8 Å². The summed E-state index contributed by atoms with van der Waals surface area (Å²) in [5, 5.41) is 28.2. The number of benzene rings is 2. The third kappa shape index (κ3) is 10.6. The first-order valence-electron chi connectivity index (χ1n) is 10.5. The molecule has 1 radical (unpaired) electrons. The zero-order valence-electron chi connectivity index (χ0n) is 18.6. The smallest absolute Gasteiger partial charge is 0.507 e. The van der Waals surface area contributed by atoms with E-state index in [4.69, 9.17) is 19.4 Å². The summed E-state index contributed by atoms with van der Waals surface area (Å²) < 4.78 is 11.2. The summed E-state index contributed by atoms with van der Waals surface area (Å²) in [4.78, 5) is 17.7. The molecule has 0 spiro atoms.